The van der Waals surface area contributed by atoms with Crippen LogP contribution >= 0.6 is 0 Å². The normalized spacial score (nSPS) is 17.1. The molecule has 1 aliphatic heterocycles. The Bertz CT molecular complexity index is 449. The third-order valence-electron chi connectivity index (χ3n) is 3.39. The minimum absolute atomic E-state index is 0.0606. The van der Waals surface area contributed by atoms with Crippen LogP contribution in [0.3, 0.4) is 0 Å². The zero-order chi connectivity index (χ0) is 11.9. The number of nitrogens with two attached hydrogens (primary N) is 1. The molecule has 0 saturated heterocycles. The van der Waals surface area contributed by atoms with Gasteiger partial charge in [-0.15, -0.1) is 0 Å². The average molecular weight is 218 g/mol. The van der Waals surface area contributed by atoms with Gasteiger partial charge in [0.2, 0.25) is 5.91 Å². The molecule has 0 fully saturated rings. The first kappa shape index (κ1) is 11.1. The number of nitrogens with one attached hydrogen (secondary N) is 1. The van der Waals surface area contributed by atoms with Crippen molar-refractivity contribution in [1.82, 2.24) is 0 Å². The molecule has 2 rings (SSSR count). The molecule has 3 N–H and O–H groups in total. The van der Waals surface area contributed by atoms with Crippen LogP contribution in [0.5, 0.6) is 0 Å². The Labute approximate surface area is 96.0 Å². The summed E-state index contributed by atoms with van der Waals surface area (Å²) in [7, 11) is 0. The lowest BCUT2D eigenvalue weighted by atomic mass is 9.84. The summed E-state index contributed by atoms with van der Waals surface area (Å²) in [6.07, 6.45) is 0.963. The molecule has 1 aliphatic rings. The van der Waals surface area contributed by atoms with Crippen molar-refractivity contribution in [2.45, 2.75) is 39.2 Å². The maximum absolute atomic E-state index is 11.9. The van der Waals surface area contributed by atoms with Crippen molar-refractivity contribution < 1.29 is 4.79 Å². The standard InChI is InChI=1S/C13H18N2O/c1-4-8-5-9(7-14)11-10(6-8)13(2,3)12(16)15-11/h5-6H,4,7,14H2,1-3H3,(H,15,16). The highest BCUT2D eigenvalue weighted by Gasteiger charge is 2.39. The first-order valence-electron chi connectivity index (χ1n) is 5.68. The van der Waals surface area contributed by atoms with E-state index < -0.39 is 5.41 Å². The number of anilines is 1. The van der Waals surface area contributed by atoms with E-state index in [0.717, 1.165) is 23.2 Å². The van der Waals surface area contributed by atoms with Crippen molar-refractivity contribution >= 4 is 11.6 Å². The van der Waals surface area contributed by atoms with Crippen molar-refractivity contribution in [3.05, 3.63) is 28.8 Å². The van der Waals surface area contributed by atoms with Crippen LogP contribution in [0, 0.1) is 0 Å². The topological polar surface area (TPSA) is 55.1 Å². The summed E-state index contributed by atoms with van der Waals surface area (Å²) < 4.78 is 0. The molecule has 0 aliphatic carbocycles. The molecule has 3 heteroatoms. The minimum Gasteiger partial charge on any atom is -0.326 e. The zero-order valence-electron chi connectivity index (χ0n) is 10.1. The average Bonchev–Trinajstić information content (AvgIpc) is 2.50. The summed E-state index contributed by atoms with van der Waals surface area (Å²) >= 11 is 0. The molecule has 0 unspecified atom stereocenters. The fourth-order valence-electron chi connectivity index (χ4n) is 2.17. The van der Waals surface area contributed by atoms with E-state index in [1.54, 1.807) is 0 Å². The summed E-state index contributed by atoms with van der Waals surface area (Å²) in [5.74, 6) is 0.0606. The lowest BCUT2D eigenvalue weighted by Crippen LogP contribution is -2.26. The Morgan fingerprint density at radius 1 is 1.38 bits per heavy atom. The molecular formula is C13H18N2O. The van der Waals surface area contributed by atoms with Gasteiger partial charge in [-0.05, 0) is 37.0 Å². The molecule has 3 nitrogen and oxygen atoms in total. The summed E-state index contributed by atoms with van der Waals surface area (Å²) in [5, 5.41) is 2.94. The second-order valence-electron chi connectivity index (χ2n) is 4.81. The van der Waals surface area contributed by atoms with Crippen LogP contribution in [-0.4, -0.2) is 5.91 Å². The number of hydrogen-bond acceptors (Lipinski definition) is 2. The van der Waals surface area contributed by atoms with Gasteiger partial charge in [0.15, 0.2) is 0 Å². The summed E-state index contributed by atoms with van der Waals surface area (Å²) in [4.78, 5) is 11.9. The second kappa shape index (κ2) is 3.59. The Kier molecular flexibility index (Phi) is 2.50. The highest BCUT2D eigenvalue weighted by Crippen LogP contribution is 2.40. The van der Waals surface area contributed by atoms with Gasteiger partial charge >= 0.3 is 0 Å². The third-order valence-corrected chi connectivity index (χ3v) is 3.39. The Morgan fingerprint density at radius 3 is 2.62 bits per heavy atom. The van der Waals surface area contributed by atoms with E-state index in [1.807, 2.05) is 13.8 Å². The number of carbonyl (C=O) groups is 1. The highest BCUT2D eigenvalue weighted by atomic mass is 16.2. The molecule has 86 valence electrons. The molecule has 1 heterocycles. The smallest absolute Gasteiger partial charge is 0.234 e. The number of rotatable bonds is 2. The van der Waals surface area contributed by atoms with Gasteiger partial charge in [0.05, 0.1) is 5.41 Å². The van der Waals surface area contributed by atoms with Gasteiger partial charge in [0, 0.05) is 12.2 Å². The summed E-state index contributed by atoms with van der Waals surface area (Å²) in [6.45, 7) is 6.48. The maximum Gasteiger partial charge on any atom is 0.234 e. The number of carbonyl (C=O) groups excluding carboxylic acids is 1. The molecule has 0 aromatic heterocycles. The lowest BCUT2D eigenvalue weighted by Gasteiger charge is -2.16. The number of amides is 1. The third kappa shape index (κ3) is 1.43. The van der Waals surface area contributed by atoms with Crippen molar-refractivity contribution in [2.24, 2.45) is 5.73 Å². The Morgan fingerprint density at radius 2 is 2.06 bits per heavy atom. The molecular weight excluding hydrogens is 200 g/mol. The number of benzene rings is 1. The van der Waals surface area contributed by atoms with Crippen molar-refractivity contribution in [1.29, 1.82) is 0 Å². The molecule has 0 bridgehead atoms. The fraction of sp³-hybridized carbons (Fsp3) is 0.462. The van der Waals surface area contributed by atoms with E-state index >= 15 is 0 Å². The molecule has 0 spiro atoms. The molecule has 0 saturated carbocycles. The van der Waals surface area contributed by atoms with Crippen LogP contribution in [0.25, 0.3) is 0 Å². The Balaban J connectivity index is 2.65. The fourth-order valence-corrected chi connectivity index (χ4v) is 2.17. The van der Waals surface area contributed by atoms with Crippen molar-refractivity contribution in [3.8, 4) is 0 Å². The van der Waals surface area contributed by atoms with Crippen LogP contribution in [0.2, 0.25) is 0 Å². The quantitative estimate of drug-likeness (QED) is 0.797. The van der Waals surface area contributed by atoms with Crippen LogP contribution < -0.4 is 11.1 Å². The van der Waals surface area contributed by atoms with Crippen molar-refractivity contribution in [2.75, 3.05) is 5.32 Å². The molecule has 0 radical (unpaired) electrons. The number of hydrogen-bond donors (Lipinski definition) is 2. The van der Waals surface area contributed by atoms with Crippen LogP contribution in [0.15, 0.2) is 12.1 Å². The van der Waals surface area contributed by atoms with E-state index in [0.29, 0.717) is 6.54 Å². The van der Waals surface area contributed by atoms with E-state index in [-0.39, 0.29) is 5.91 Å². The van der Waals surface area contributed by atoms with Gasteiger partial charge in [-0.1, -0.05) is 19.1 Å². The van der Waals surface area contributed by atoms with E-state index in [1.165, 1.54) is 5.56 Å². The number of aryl methyl sites for hydroxylation is 1. The van der Waals surface area contributed by atoms with Crippen LogP contribution in [-0.2, 0) is 23.2 Å². The summed E-state index contributed by atoms with van der Waals surface area (Å²) in [6, 6.07) is 4.20. The van der Waals surface area contributed by atoms with E-state index in [2.05, 4.69) is 24.4 Å². The molecule has 16 heavy (non-hydrogen) atoms. The predicted molar refractivity (Wildman–Crippen MR) is 65.4 cm³/mol. The monoisotopic (exact) mass is 218 g/mol. The van der Waals surface area contributed by atoms with Gasteiger partial charge in [0.1, 0.15) is 0 Å². The first-order chi connectivity index (χ1) is 7.50. The van der Waals surface area contributed by atoms with Gasteiger partial charge in [0.25, 0.3) is 0 Å². The van der Waals surface area contributed by atoms with Gasteiger partial charge in [-0.2, -0.15) is 0 Å². The van der Waals surface area contributed by atoms with Crippen molar-refractivity contribution in [3.63, 3.8) is 0 Å². The molecule has 1 aromatic carbocycles. The van der Waals surface area contributed by atoms with E-state index in [4.69, 9.17) is 5.73 Å². The maximum atomic E-state index is 11.9. The highest BCUT2D eigenvalue weighted by molar-refractivity contribution is 6.06. The van der Waals surface area contributed by atoms with E-state index in [9.17, 15) is 4.79 Å². The van der Waals surface area contributed by atoms with Gasteiger partial charge in [-0.3, -0.25) is 4.79 Å². The lowest BCUT2D eigenvalue weighted by molar-refractivity contribution is -0.119. The summed E-state index contributed by atoms with van der Waals surface area (Å²) in [5.41, 5.74) is 9.57. The molecule has 1 amide bonds. The second-order valence-corrected chi connectivity index (χ2v) is 4.81. The molecule has 1 aromatic rings. The SMILES string of the molecule is CCc1cc(CN)c2c(c1)C(C)(C)C(=O)N2. The van der Waals surface area contributed by atoms with Gasteiger partial charge in [-0.25, -0.2) is 0 Å². The number of fused-ring (bicyclic) bond motifs is 1. The first-order valence-corrected chi connectivity index (χ1v) is 5.68. The van der Waals surface area contributed by atoms with Gasteiger partial charge < -0.3 is 11.1 Å². The van der Waals surface area contributed by atoms with Crippen LogP contribution in [0.1, 0.15) is 37.5 Å². The largest absolute Gasteiger partial charge is 0.326 e. The van der Waals surface area contributed by atoms with Crippen LogP contribution in [0.4, 0.5) is 5.69 Å². The zero-order valence-corrected chi connectivity index (χ0v) is 10.1. The molecule has 0 atom stereocenters. The Hall–Kier alpha value is -1.35. The predicted octanol–water partition coefficient (Wildman–Crippen LogP) is 1.94. The minimum atomic E-state index is -0.440.